The first kappa shape index (κ1) is 18.5. The number of hydrogen-bond acceptors (Lipinski definition) is 5. The van der Waals surface area contributed by atoms with Crippen molar-refractivity contribution in [3.8, 4) is 28.5 Å². The highest BCUT2D eigenvalue weighted by molar-refractivity contribution is 6.03. The average molecular weight is 400 g/mol. The minimum Gasteiger partial charge on any atom is -0.493 e. The zero-order chi connectivity index (χ0) is 20.5. The van der Waals surface area contributed by atoms with E-state index in [1.165, 1.54) is 12.8 Å². The Bertz CT molecular complexity index is 1160. The molecule has 4 aromatic rings. The first-order valence-electron chi connectivity index (χ1n) is 10.3. The van der Waals surface area contributed by atoms with Gasteiger partial charge in [-0.2, -0.15) is 5.10 Å². The zero-order valence-corrected chi connectivity index (χ0v) is 16.9. The highest BCUT2D eigenvalue weighted by Gasteiger charge is 2.26. The molecule has 0 amide bonds. The number of rotatable bonds is 5. The molecule has 0 radical (unpaired) electrons. The Hall–Kier alpha value is -3.54. The molecule has 0 atom stereocenters. The number of benzene rings is 2. The van der Waals surface area contributed by atoms with Crippen LogP contribution in [0.2, 0.25) is 0 Å². The molecule has 2 N–H and O–H groups in total. The maximum atomic E-state index is 6.32. The van der Waals surface area contributed by atoms with Gasteiger partial charge in [-0.15, -0.1) is 0 Å². The summed E-state index contributed by atoms with van der Waals surface area (Å²) < 4.78 is 13.6. The van der Waals surface area contributed by atoms with Gasteiger partial charge in [-0.25, -0.2) is 4.98 Å². The standard InChI is InChI=1S/C24H24N4O2/c1-29-20-15-26-24(25)21-22(27-28(23(20)21)17-7-5-6-8-17)16-11-13-19(14-12-16)30-18-9-3-2-4-10-18/h2-4,9-15,17H,5-8H2,1H3,(H2,25,26). The van der Waals surface area contributed by atoms with Gasteiger partial charge >= 0.3 is 0 Å². The zero-order valence-electron chi connectivity index (χ0n) is 16.9. The first-order valence-corrected chi connectivity index (χ1v) is 10.3. The molecule has 1 saturated carbocycles. The number of ether oxygens (including phenoxy) is 2. The molecule has 1 fully saturated rings. The van der Waals surface area contributed by atoms with E-state index in [-0.39, 0.29) is 0 Å². The van der Waals surface area contributed by atoms with Crippen LogP contribution in [0.15, 0.2) is 60.8 Å². The van der Waals surface area contributed by atoms with Crippen LogP contribution < -0.4 is 15.2 Å². The van der Waals surface area contributed by atoms with Gasteiger partial charge in [0.15, 0.2) is 5.75 Å². The van der Waals surface area contributed by atoms with Crippen LogP contribution >= 0.6 is 0 Å². The van der Waals surface area contributed by atoms with Gasteiger partial charge in [-0.1, -0.05) is 31.0 Å². The molecule has 6 heteroatoms. The van der Waals surface area contributed by atoms with Gasteiger partial charge in [-0.3, -0.25) is 4.68 Å². The molecule has 2 aromatic heterocycles. The summed E-state index contributed by atoms with van der Waals surface area (Å²) in [7, 11) is 1.66. The number of para-hydroxylation sites is 1. The van der Waals surface area contributed by atoms with Crippen LogP contribution in [-0.2, 0) is 0 Å². The quantitative estimate of drug-likeness (QED) is 0.472. The van der Waals surface area contributed by atoms with Gasteiger partial charge in [0.2, 0.25) is 0 Å². The lowest BCUT2D eigenvalue weighted by atomic mass is 10.1. The number of nitrogens with two attached hydrogens (primary N) is 1. The van der Waals surface area contributed by atoms with E-state index in [0.717, 1.165) is 46.5 Å². The Morgan fingerprint density at radius 3 is 2.37 bits per heavy atom. The third-order valence-electron chi connectivity index (χ3n) is 5.72. The van der Waals surface area contributed by atoms with Gasteiger partial charge in [0.25, 0.3) is 0 Å². The van der Waals surface area contributed by atoms with E-state index in [9.17, 15) is 0 Å². The lowest BCUT2D eigenvalue weighted by Crippen LogP contribution is -2.07. The topological polar surface area (TPSA) is 75.2 Å². The van der Waals surface area contributed by atoms with Crippen LogP contribution in [0.5, 0.6) is 17.2 Å². The summed E-state index contributed by atoms with van der Waals surface area (Å²) in [6, 6.07) is 18.0. The molecule has 6 nitrogen and oxygen atoms in total. The fourth-order valence-corrected chi connectivity index (χ4v) is 4.24. The predicted octanol–water partition coefficient (Wildman–Crippen LogP) is 5.60. The van der Waals surface area contributed by atoms with Crippen molar-refractivity contribution in [2.45, 2.75) is 31.7 Å². The van der Waals surface area contributed by atoms with E-state index in [1.54, 1.807) is 13.3 Å². The fraction of sp³-hybridized carbons (Fsp3) is 0.250. The second-order valence-electron chi connectivity index (χ2n) is 7.61. The summed E-state index contributed by atoms with van der Waals surface area (Å²) in [6.07, 6.45) is 6.35. The minimum absolute atomic E-state index is 0.359. The van der Waals surface area contributed by atoms with Crippen LogP contribution in [0.3, 0.4) is 0 Å². The van der Waals surface area contributed by atoms with Crippen LogP contribution in [0.25, 0.3) is 22.2 Å². The Balaban J connectivity index is 1.58. The number of nitrogen functional groups attached to an aromatic ring is 1. The number of pyridine rings is 1. The summed E-state index contributed by atoms with van der Waals surface area (Å²) in [6.45, 7) is 0. The summed E-state index contributed by atoms with van der Waals surface area (Å²) in [5.74, 6) is 2.75. The molecule has 2 heterocycles. The van der Waals surface area contributed by atoms with Crippen molar-refractivity contribution in [1.82, 2.24) is 14.8 Å². The van der Waals surface area contributed by atoms with Gasteiger partial charge in [-0.05, 0) is 49.2 Å². The van der Waals surface area contributed by atoms with Crippen molar-refractivity contribution >= 4 is 16.7 Å². The predicted molar refractivity (Wildman–Crippen MR) is 118 cm³/mol. The molecule has 2 aromatic carbocycles. The summed E-state index contributed by atoms with van der Waals surface area (Å²) in [4.78, 5) is 4.35. The number of aromatic nitrogens is 3. The van der Waals surface area contributed by atoms with Crippen LogP contribution in [0.4, 0.5) is 5.82 Å². The monoisotopic (exact) mass is 400 g/mol. The number of fused-ring (bicyclic) bond motifs is 1. The van der Waals surface area contributed by atoms with Crippen molar-refractivity contribution in [3.63, 3.8) is 0 Å². The molecule has 1 aliphatic rings. The van der Waals surface area contributed by atoms with E-state index < -0.39 is 0 Å². The number of nitrogens with zero attached hydrogens (tertiary/aromatic N) is 3. The van der Waals surface area contributed by atoms with Gasteiger partial charge in [0.05, 0.1) is 24.7 Å². The first-order chi connectivity index (χ1) is 14.7. The third-order valence-corrected chi connectivity index (χ3v) is 5.72. The lowest BCUT2D eigenvalue weighted by Gasteiger charge is -2.13. The lowest BCUT2D eigenvalue weighted by molar-refractivity contribution is 0.408. The molecule has 0 unspecified atom stereocenters. The SMILES string of the molecule is COc1cnc(N)c2c(-c3ccc(Oc4ccccc4)cc3)nn(C3CCCC3)c12. The molecule has 0 aliphatic heterocycles. The number of anilines is 1. The Labute approximate surface area is 175 Å². The largest absolute Gasteiger partial charge is 0.493 e. The molecule has 5 rings (SSSR count). The number of hydrogen-bond donors (Lipinski definition) is 1. The number of methoxy groups -OCH3 is 1. The van der Waals surface area contributed by atoms with E-state index in [2.05, 4.69) is 9.67 Å². The van der Waals surface area contributed by atoms with Gasteiger partial charge < -0.3 is 15.2 Å². The van der Waals surface area contributed by atoms with Crippen molar-refractivity contribution in [2.24, 2.45) is 0 Å². The normalized spacial score (nSPS) is 14.3. The summed E-state index contributed by atoms with van der Waals surface area (Å²) >= 11 is 0. The molecule has 0 saturated heterocycles. The van der Waals surface area contributed by atoms with Crippen molar-refractivity contribution < 1.29 is 9.47 Å². The Morgan fingerprint density at radius 2 is 1.67 bits per heavy atom. The molecule has 152 valence electrons. The average Bonchev–Trinajstić information content (AvgIpc) is 3.44. The smallest absolute Gasteiger partial charge is 0.163 e. The molecule has 30 heavy (non-hydrogen) atoms. The maximum absolute atomic E-state index is 6.32. The van der Waals surface area contributed by atoms with E-state index in [1.807, 2.05) is 54.6 Å². The fourth-order valence-electron chi connectivity index (χ4n) is 4.24. The second kappa shape index (κ2) is 7.71. The highest BCUT2D eigenvalue weighted by atomic mass is 16.5. The van der Waals surface area contributed by atoms with Gasteiger partial charge in [0, 0.05) is 5.56 Å². The minimum atomic E-state index is 0.359. The van der Waals surface area contributed by atoms with Crippen LogP contribution in [0.1, 0.15) is 31.7 Å². The molecule has 0 spiro atoms. The molecule has 1 aliphatic carbocycles. The third kappa shape index (κ3) is 3.24. The van der Waals surface area contributed by atoms with Crippen LogP contribution in [0, 0.1) is 0 Å². The molecular weight excluding hydrogens is 376 g/mol. The maximum Gasteiger partial charge on any atom is 0.163 e. The van der Waals surface area contributed by atoms with E-state index >= 15 is 0 Å². The van der Waals surface area contributed by atoms with Crippen molar-refractivity contribution in [2.75, 3.05) is 12.8 Å². The van der Waals surface area contributed by atoms with E-state index in [0.29, 0.717) is 17.6 Å². The van der Waals surface area contributed by atoms with Crippen molar-refractivity contribution in [1.29, 1.82) is 0 Å². The van der Waals surface area contributed by atoms with Crippen molar-refractivity contribution in [3.05, 3.63) is 60.8 Å². The van der Waals surface area contributed by atoms with E-state index in [4.69, 9.17) is 20.3 Å². The molecular formula is C24H24N4O2. The summed E-state index contributed by atoms with van der Waals surface area (Å²) in [5, 5.41) is 5.85. The Morgan fingerprint density at radius 1 is 0.967 bits per heavy atom. The molecule has 0 bridgehead atoms. The highest BCUT2D eigenvalue weighted by Crippen LogP contribution is 2.41. The Kier molecular flexibility index (Phi) is 4.75. The second-order valence-corrected chi connectivity index (χ2v) is 7.61. The summed E-state index contributed by atoms with van der Waals surface area (Å²) in [5.41, 5.74) is 9.04. The van der Waals surface area contributed by atoms with Gasteiger partial charge in [0.1, 0.15) is 28.5 Å². The van der Waals surface area contributed by atoms with Crippen LogP contribution in [-0.4, -0.2) is 21.9 Å².